The number of methoxy groups -OCH3 is 1. The van der Waals surface area contributed by atoms with Gasteiger partial charge in [-0.05, 0) is 66.6 Å². The van der Waals surface area contributed by atoms with Crippen LogP contribution in [0.5, 0.6) is 5.75 Å². The van der Waals surface area contributed by atoms with Crippen LogP contribution in [0.1, 0.15) is 11.1 Å². The summed E-state index contributed by atoms with van der Waals surface area (Å²) >= 11 is 0. The minimum Gasteiger partial charge on any atom is -0.497 e. The molecule has 1 amide bonds. The van der Waals surface area contributed by atoms with Crippen molar-refractivity contribution in [3.8, 4) is 5.75 Å². The number of rotatable bonds is 9. The van der Waals surface area contributed by atoms with E-state index in [9.17, 15) is 18.0 Å². The van der Waals surface area contributed by atoms with E-state index >= 15 is 0 Å². The van der Waals surface area contributed by atoms with Gasteiger partial charge < -0.3 is 14.8 Å². The van der Waals surface area contributed by atoms with Gasteiger partial charge in [0.2, 0.25) is 0 Å². The fourth-order valence-electron chi connectivity index (χ4n) is 2.88. The van der Waals surface area contributed by atoms with Crippen LogP contribution >= 0.6 is 0 Å². The van der Waals surface area contributed by atoms with Crippen LogP contribution in [0.3, 0.4) is 0 Å². The van der Waals surface area contributed by atoms with Crippen LogP contribution in [-0.4, -0.2) is 34.0 Å². The third-order valence-electron chi connectivity index (χ3n) is 4.71. The smallest absolute Gasteiger partial charge is 0.331 e. The van der Waals surface area contributed by atoms with E-state index in [0.717, 1.165) is 5.56 Å². The van der Waals surface area contributed by atoms with Crippen molar-refractivity contribution in [3.63, 3.8) is 0 Å². The molecule has 176 valence electrons. The van der Waals surface area contributed by atoms with Crippen LogP contribution < -0.4 is 14.8 Å². The molecule has 0 fully saturated rings. The Morgan fingerprint density at radius 3 is 2.26 bits per heavy atom. The molecule has 0 saturated carbocycles. The highest BCUT2D eigenvalue weighted by atomic mass is 32.2. The normalized spacial score (nSPS) is 11.1. The van der Waals surface area contributed by atoms with Crippen molar-refractivity contribution in [2.75, 3.05) is 23.8 Å². The summed E-state index contributed by atoms with van der Waals surface area (Å²) in [7, 11) is -2.25. The number of ether oxygens (including phenoxy) is 2. The number of aryl methyl sites for hydroxylation is 1. The molecular weight excluding hydrogens is 456 g/mol. The highest BCUT2D eigenvalue weighted by Crippen LogP contribution is 2.20. The number of amides is 1. The SMILES string of the molecule is COc1ccc(NS(=O)(=O)c2ccc(/C=C/C(=O)OCC(=O)Nc3ccccc3C)cc2)cc1. The molecule has 0 aliphatic rings. The molecule has 0 aliphatic heterocycles. The predicted molar refractivity (Wildman–Crippen MR) is 130 cm³/mol. The Bertz CT molecular complexity index is 1280. The monoisotopic (exact) mass is 480 g/mol. The van der Waals surface area contributed by atoms with Gasteiger partial charge in [-0.1, -0.05) is 30.3 Å². The van der Waals surface area contributed by atoms with E-state index in [0.29, 0.717) is 22.7 Å². The van der Waals surface area contributed by atoms with Crippen molar-refractivity contribution in [1.82, 2.24) is 0 Å². The van der Waals surface area contributed by atoms with Gasteiger partial charge in [-0.15, -0.1) is 0 Å². The third-order valence-corrected chi connectivity index (χ3v) is 6.11. The minimum absolute atomic E-state index is 0.0657. The van der Waals surface area contributed by atoms with Crippen molar-refractivity contribution in [3.05, 3.63) is 90.0 Å². The number of para-hydroxylation sites is 1. The Morgan fingerprint density at radius 2 is 1.62 bits per heavy atom. The Hall–Kier alpha value is -4.11. The Balaban J connectivity index is 1.52. The first kappa shape index (κ1) is 24.5. The predicted octanol–water partition coefficient (Wildman–Crippen LogP) is 4.00. The summed E-state index contributed by atoms with van der Waals surface area (Å²) in [5.41, 5.74) is 2.53. The highest BCUT2D eigenvalue weighted by molar-refractivity contribution is 7.92. The molecule has 8 nitrogen and oxygen atoms in total. The lowest BCUT2D eigenvalue weighted by molar-refractivity contribution is -0.142. The standard InChI is InChI=1S/C25H24N2O6S/c1-18-5-3-4-6-23(18)26-24(28)17-33-25(29)16-9-19-7-14-22(15-8-19)34(30,31)27-20-10-12-21(32-2)13-11-20/h3-16,27H,17H2,1-2H3,(H,26,28)/b16-9+. The van der Waals surface area contributed by atoms with Crippen molar-refractivity contribution in [1.29, 1.82) is 0 Å². The molecule has 0 atom stereocenters. The quantitative estimate of drug-likeness (QED) is 0.354. The van der Waals surface area contributed by atoms with Gasteiger partial charge in [0.1, 0.15) is 5.75 Å². The van der Waals surface area contributed by atoms with Gasteiger partial charge in [-0.2, -0.15) is 0 Å². The molecule has 9 heteroatoms. The Labute approximate surface area is 198 Å². The van der Waals surface area contributed by atoms with Gasteiger partial charge in [0, 0.05) is 17.5 Å². The van der Waals surface area contributed by atoms with Gasteiger partial charge >= 0.3 is 5.97 Å². The zero-order valence-electron chi connectivity index (χ0n) is 18.6. The first-order valence-corrected chi connectivity index (χ1v) is 11.7. The molecule has 3 aromatic carbocycles. The minimum atomic E-state index is -3.78. The van der Waals surface area contributed by atoms with Crippen molar-refractivity contribution < 1.29 is 27.5 Å². The number of hydrogen-bond acceptors (Lipinski definition) is 6. The van der Waals surface area contributed by atoms with E-state index in [-0.39, 0.29) is 4.90 Å². The second-order valence-electron chi connectivity index (χ2n) is 7.21. The summed E-state index contributed by atoms with van der Waals surface area (Å²) in [4.78, 5) is 23.9. The van der Waals surface area contributed by atoms with Gasteiger partial charge in [-0.25, -0.2) is 13.2 Å². The molecule has 0 saturated heterocycles. The van der Waals surface area contributed by atoms with Gasteiger partial charge in [0.15, 0.2) is 6.61 Å². The number of anilines is 2. The lowest BCUT2D eigenvalue weighted by Crippen LogP contribution is -2.20. The maximum absolute atomic E-state index is 12.6. The van der Waals surface area contributed by atoms with E-state index in [1.807, 2.05) is 19.1 Å². The maximum atomic E-state index is 12.6. The molecule has 34 heavy (non-hydrogen) atoms. The zero-order chi connectivity index (χ0) is 24.6. The lowest BCUT2D eigenvalue weighted by Gasteiger charge is -2.09. The topological polar surface area (TPSA) is 111 Å². The summed E-state index contributed by atoms with van der Waals surface area (Å²) in [6, 6.07) is 19.7. The first-order chi connectivity index (χ1) is 16.3. The molecule has 3 aromatic rings. The van der Waals surface area contributed by atoms with Gasteiger partial charge in [-0.3, -0.25) is 9.52 Å². The van der Waals surface area contributed by atoms with Crippen LogP contribution in [0.25, 0.3) is 6.08 Å². The van der Waals surface area contributed by atoms with E-state index in [1.165, 1.54) is 31.4 Å². The fourth-order valence-corrected chi connectivity index (χ4v) is 3.94. The number of benzene rings is 3. The first-order valence-electron chi connectivity index (χ1n) is 10.2. The molecule has 3 rings (SSSR count). The van der Waals surface area contributed by atoms with Crippen molar-refractivity contribution in [2.45, 2.75) is 11.8 Å². The van der Waals surface area contributed by atoms with E-state index in [2.05, 4.69) is 10.0 Å². The van der Waals surface area contributed by atoms with Crippen LogP contribution in [0.4, 0.5) is 11.4 Å². The van der Waals surface area contributed by atoms with Crippen LogP contribution in [-0.2, 0) is 24.3 Å². The Morgan fingerprint density at radius 1 is 0.941 bits per heavy atom. The summed E-state index contributed by atoms with van der Waals surface area (Å²) in [6.45, 7) is 1.43. The number of nitrogens with one attached hydrogen (secondary N) is 2. The second-order valence-corrected chi connectivity index (χ2v) is 8.89. The fraction of sp³-hybridized carbons (Fsp3) is 0.120. The van der Waals surface area contributed by atoms with Crippen molar-refractivity contribution >= 4 is 39.4 Å². The molecule has 0 heterocycles. The molecule has 0 aromatic heterocycles. The zero-order valence-corrected chi connectivity index (χ0v) is 19.5. The van der Waals surface area contributed by atoms with Crippen LogP contribution in [0.2, 0.25) is 0 Å². The second kappa shape index (κ2) is 11.2. The average molecular weight is 481 g/mol. The summed E-state index contributed by atoms with van der Waals surface area (Å²) in [6.07, 6.45) is 2.63. The lowest BCUT2D eigenvalue weighted by atomic mass is 10.2. The molecule has 0 bridgehead atoms. The maximum Gasteiger partial charge on any atom is 0.331 e. The molecule has 0 unspecified atom stereocenters. The number of carbonyl (C=O) groups excluding carboxylic acids is 2. The average Bonchev–Trinajstić information content (AvgIpc) is 2.83. The molecule has 0 spiro atoms. The van der Waals surface area contributed by atoms with Crippen molar-refractivity contribution in [2.24, 2.45) is 0 Å². The van der Waals surface area contributed by atoms with Gasteiger partial charge in [0.25, 0.3) is 15.9 Å². The van der Waals surface area contributed by atoms with E-state index in [4.69, 9.17) is 9.47 Å². The third kappa shape index (κ3) is 6.94. The molecule has 0 aliphatic carbocycles. The highest BCUT2D eigenvalue weighted by Gasteiger charge is 2.14. The summed E-state index contributed by atoms with van der Waals surface area (Å²) in [5, 5.41) is 2.67. The number of hydrogen-bond donors (Lipinski definition) is 2. The van der Waals surface area contributed by atoms with E-state index in [1.54, 1.807) is 48.5 Å². The number of sulfonamides is 1. The summed E-state index contributed by atoms with van der Waals surface area (Å²) < 4.78 is 37.6. The van der Waals surface area contributed by atoms with E-state index < -0.39 is 28.5 Å². The van der Waals surface area contributed by atoms with Crippen LogP contribution in [0.15, 0.2) is 83.8 Å². The van der Waals surface area contributed by atoms with Crippen LogP contribution in [0, 0.1) is 6.92 Å². The Kier molecular flexibility index (Phi) is 8.05. The number of carbonyl (C=O) groups is 2. The van der Waals surface area contributed by atoms with Gasteiger partial charge in [0.05, 0.1) is 12.0 Å². The molecule has 0 radical (unpaired) electrons. The summed E-state index contributed by atoms with van der Waals surface area (Å²) in [5.74, 6) is -0.530. The number of esters is 1. The largest absolute Gasteiger partial charge is 0.497 e. The molecular formula is C25H24N2O6S. The molecule has 2 N–H and O–H groups in total.